The fraction of sp³-hybridized carbons (Fsp3) is 0.0244. The van der Waals surface area contributed by atoms with Crippen molar-refractivity contribution in [2.45, 2.75) is 6.42 Å². The summed E-state index contributed by atoms with van der Waals surface area (Å²) in [6.45, 7) is 3.93. The van der Waals surface area contributed by atoms with Gasteiger partial charge in [-0.2, -0.15) is 0 Å². The minimum absolute atomic E-state index is 0.711. The Morgan fingerprint density at radius 1 is 0.682 bits per heavy atom. The summed E-state index contributed by atoms with van der Waals surface area (Å²) in [6, 6.07) is 46.3. The molecule has 0 radical (unpaired) electrons. The molecule has 3 heteroatoms. The fourth-order valence-corrected chi connectivity index (χ4v) is 5.74. The van der Waals surface area contributed by atoms with E-state index in [0.717, 1.165) is 56.4 Å². The fourth-order valence-electron chi connectivity index (χ4n) is 5.74. The van der Waals surface area contributed by atoms with Crippen LogP contribution in [0.1, 0.15) is 16.7 Å². The van der Waals surface area contributed by atoms with E-state index in [4.69, 9.17) is 10.2 Å². The van der Waals surface area contributed by atoms with E-state index < -0.39 is 0 Å². The zero-order valence-electron chi connectivity index (χ0n) is 24.3. The first kappa shape index (κ1) is 27.1. The summed E-state index contributed by atoms with van der Waals surface area (Å²) < 4.78 is 6.45. The van der Waals surface area contributed by atoms with E-state index in [9.17, 15) is 0 Å². The van der Waals surface area contributed by atoms with Gasteiger partial charge in [0.2, 0.25) is 0 Å². The van der Waals surface area contributed by atoms with Crippen molar-refractivity contribution in [3.8, 4) is 22.3 Å². The van der Waals surface area contributed by atoms with Gasteiger partial charge in [-0.05, 0) is 76.2 Å². The summed E-state index contributed by atoms with van der Waals surface area (Å²) in [5.41, 5.74) is 18.5. The van der Waals surface area contributed by atoms with Crippen LogP contribution in [0.25, 0.3) is 56.3 Å². The van der Waals surface area contributed by atoms with E-state index in [1.54, 1.807) is 0 Å². The Balaban J connectivity index is 1.13. The number of benzene rings is 6. The third-order valence-corrected chi connectivity index (χ3v) is 7.99. The van der Waals surface area contributed by atoms with Gasteiger partial charge >= 0.3 is 0 Å². The number of hydrogen-bond acceptors (Lipinski definition) is 3. The third-order valence-electron chi connectivity index (χ3n) is 7.99. The van der Waals surface area contributed by atoms with E-state index in [0.29, 0.717) is 5.69 Å². The first-order valence-electron chi connectivity index (χ1n) is 14.8. The molecule has 3 nitrogen and oxygen atoms in total. The van der Waals surface area contributed by atoms with Gasteiger partial charge in [-0.1, -0.05) is 122 Å². The van der Waals surface area contributed by atoms with Crippen molar-refractivity contribution in [1.82, 2.24) is 0 Å². The molecule has 0 fully saturated rings. The van der Waals surface area contributed by atoms with Gasteiger partial charge in [0.25, 0.3) is 0 Å². The lowest BCUT2D eigenvalue weighted by atomic mass is 9.99. The lowest BCUT2D eigenvalue weighted by Crippen LogP contribution is -1.94. The SMILES string of the molecule is C=Cc1cc(N)ccc1Nc1ccc2oc3c(-c4cccc(C/C=C/c5ccc(-c6ccccc6)cc5)c4)cccc3c2c1. The summed E-state index contributed by atoms with van der Waals surface area (Å²) in [5.74, 6) is 0. The second kappa shape index (κ2) is 11.8. The molecule has 0 aliphatic heterocycles. The van der Waals surface area contributed by atoms with Crippen molar-refractivity contribution in [2.75, 3.05) is 11.1 Å². The second-order valence-electron chi connectivity index (χ2n) is 11.0. The largest absolute Gasteiger partial charge is 0.455 e. The first-order chi connectivity index (χ1) is 21.6. The van der Waals surface area contributed by atoms with Crippen LogP contribution in [0.4, 0.5) is 17.1 Å². The van der Waals surface area contributed by atoms with Crippen LogP contribution in [-0.4, -0.2) is 0 Å². The maximum Gasteiger partial charge on any atom is 0.143 e. The van der Waals surface area contributed by atoms with E-state index in [1.165, 1.54) is 22.3 Å². The summed E-state index contributed by atoms with van der Waals surface area (Å²) in [7, 11) is 0. The number of allylic oxidation sites excluding steroid dienone is 1. The average Bonchev–Trinajstić information content (AvgIpc) is 3.44. The lowest BCUT2D eigenvalue weighted by molar-refractivity contribution is 0.670. The highest BCUT2D eigenvalue weighted by molar-refractivity contribution is 6.10. The van der Waals surface area contributed by atoms with Gasteiger partial charge in [0, 0.05) is 33.4 Å². The number of para-hydroxylation sites is 1. The molecule has 1 heterocycles. The predicted molar refractivity (Wildman–Crippen MR) is 188 cm³/mol. The molecule has 0 unspecified atom stereocenters. The highest BCUT2D eigenvalue weighted by atomic mass is 16.3. The number of nitrogen functional groups attached to an aromatic ring is 1. The molecule has 0 atom stereocenters. The molecule has 0 amide bonds. The summed E-state index contributed by atoms with van der Waals surface area (Å²) in [4.78, 5) is 0. The molecule has 44 heavy (non-hydrogen) atoms. The highest BCUT2D eigenvalue weighted by Crippen LogP contribution is 2.38. The maximum absolute atomic E-state index is 6.45. The molecule has 7 rings (SSSR count). The molecule has 0 bridgehead atoms. The number of rotatable bonds is 8. The van der Waals surface area contributed by atoms with E-state index in [-0.39, 0.29) is 0 Å². The quantitative estimate of drug-likeness (QED) is 0.179. The van der Waals surface area contributed by atoms with E-state index in [1.807, 2.05) is 42.5 Å². The van der Waals surface area contributed by atoms with Gasteiger partial charge in [-0.3, -0.25) is 0 Å². The van der Waals surface area contributed by atoms with Crippen LogP contribution in [0.15, 0.2) is 151 Å². The Labute approximate surface area is 257 Å². The van der Waals surface area contributed by atoms with Crippen LogP contribution in [0.3, 0.4) is 0 Å². The normalized spacial score (nSPS) is 11.4. The Morgan fingerprint density at radius 2 is 1.48 bits per heavy atom. The molecule has 0 spiro atoms. The number of nitrogens with two attached hydrogens (primary N) is 1. The molecule has 212 valence electrons. The molecule has 0 saturated carbocycles. The molecule has 7 aromatic rings. The van der Waals surface area contributed by atoms with E-state index >= 15 is 0 Å². The Bertz CT molecular complexity index is 2140. The van der Waals surface area contributed by atoms with Crippen LogP contribution in [-0.2, 0) is 6.42 Å². The Kier molecular flexibility index (Phi) is 7.27. The maximum atomic E-state index is 6.45. The highest BCUT2D eigenvalue weighted by Gasteiger charge is 2.13. The minimum Gasteiger partial charge on any atom is -0.455 e. The van der Waals surface area contributed by atoms with Gasteiger partial charge in [0.15, 0.2) is 0 Å². The van der Waals surface area contributed by atoms with Crippen LogP contribution in [0.5, 0.6) is 0 Å². The van der Waals surface area contributed by atoms with E-state index in [2.05, 4.69) is 121 Å². The molecule has 0 aliphatic rings. The smallest absolute Gasteiger partial charge is 0.143 e. The molecule has 0 aliphatic carbocycles. The van der Waals surface area contributed by atoms with Crippen LogP contribution < -0.4 is 11.1 Å². The number of fused-ring (bicyclic) bond motifs is 3. The van der Waals surface area contributed by atoms with Gasteiger partial charge < -0.3 is 15.5 Å². The molecule has 1 aromatic heterocycles. The molecular weight excluding hydrogens is 536 g/mol. The zero-order valence-corrected chi connectivity index (χ0v) is 24.3. The van der Waals surface area contributed by atoms with Crippen LogP contribution in [0.2, 0.25) is 0 Å². The van der Waals surface area contributed by atoms with Crippen LogP contribution in [0, 0.1) is 0 Å². The molecule has 3 N–H and O–H groups in total. The van der Waals surface area contributed by atoms with Crippen molar-refractivity contribution in [3.63, 3.8) is 0 Å². The molecule has 0 saturated heterocycles. The summed E-state index contributed by atoms with van der Waals surface area (Å²) >= 11 is 0. The van der Waals surface area contributed by atoms with Crippen LogP contribution >= 0.6 is 0 Å². The number of anilines is 3. The Morgan fingerprint density at radius 3 is 2.32 bits per heavy atom. The first-order valence-corrected chi connectivity index (χ1v) is 14.8. The Hall–Kier alpha value is -5.80. The number of nitrogens with one attached hydrogen (secondary N) is 1. The zero-order chi connectivity index (χ0) is 29.9. The molecule has 6 aromatic carbocycles. The van der Waals surface area contributed by atoms with Gasteiger partial charge in [-0.15, -0.1) is 0 Å². The minimum atomic E-state index is 0.711. The molecular formula is C41H32N2O. The average molecular weight is 569 g/mol. The van der Waals surface area contributed by atoms with Gasteiger partial charge in [0.1, 0.15) is 11.2 Å². The van der Waals surface area contributed by atoms with Crippen molar-refractivity contribution >= 4 is 51.2 Å². The number of hydrogen-bond donors (Lipinski definition) is 2. The standard InChI is InChI=1S/C41H32N2O/c1-2-30-26-34(42)21-23-39(30)43-35-22-24-40-38(27-35)37-16-8-15-36(41(37)44-40)33-14-7-11-29(25-33)10-6-9-28-17-19-32(20-18-28)31-12-4-3-5-13-31/h2-9,11-27,43H,1,10,42H2/b9-6+. The monoisotopic (exact) mass is 568 g/mol. The number of furan rings is 1. The lowest BCUT2D eigenvalue weighted by Gasteiger charge is -2.10. The van der Waals surface area contributed by atoms with Crippen molar-refractivity contribution in [3.05, 3.63) is 163 Å². The van der Waals surface area contributed by atoms with Crippen molar-refractivity contribution in [2.24, 2.45) is 0 Å². The van der Waals surface area contributed by atoms with Gasteiger partial charge in [0.05, 0.1) is 0 Å². The summed E-state index contributed by atoms with van der Waals surface area (Å²) in [6.07, 6.45) is 7.07. The van der Waals surface area contributed by atoms with Crippen molar-refractivity contribution in [1.29, 1.82) is 0 Å². The summed E-state index contributed by atoms with van der Waals surface area (Å²) in [5, 5.41) is 5.68. The predicted octanol–water partition coefficient (Wildman–Crippen LogP) is 11.1. The third kappa shape index (κ3) is 5.51. The second-order valence-corrected chi connectivity index (χ2v) is 11.0. The van der Waals surface area contributed by atoms with Crippen molar-refractivity contribution < 1.29 is 4.42 Å². The van der Waals surface area contributed by atoms with Gasteiger partial charge in [-0.25, -0.2) is 0 Å². The topological polar surface area (TPSA) is 51.2 Å².